The fourth-order valence-corrected chi connectivity index (χ4v) is 4.41. The summed E-state index contributed by atoms with van der Waals surface area (Å²) in [5, 5.41) is 13.7. The van der Waals surface area contributed by atoms with Crippen molar-refractivity contribution in [3.05, 3.63) is 23.8 Å². The highest BCUT2D eigenvalue weighted by atomic mass is 32.2. The highest BCUT2D eigenvalue weighted by Crippen LogP contribution is 2.34. The summed E-state index contributed by atoms with van der Waals surface area (Å²) in [5.41, 5.74) is 1.80. The molecule has 0 bridgehead atoms. The van der Waals surface area contributed by atoms with Gasteiger partial charge in [-0.2, -0.15) is 17.0 Å². The number of benzene rings is 1. The molecule has 2 unspecified atom stereocenters. The van der Waals surface area contributed by atoms with Crippen molar-refractivity contribution < 1.29 is 0 Å². The van der Waals surface area contributed by atoms with Gasteiger partial charge in [0.25, 0.3) is 0 Å². The van der Waals surface area contributed by atoms with Crippen LogP contribution < -0.4 is 5.32 Å². The molecule has 0 saturated heterocycles. The summed E-state index contributed by atoms with van der Waals surface area (Å²) in [6.07, 6.45) is 5.82. The fraction of sp³-hybridized carbons (Fsp3) is 0.533. The van der Waals surface area contributed by atoms with Crippen molar-refractivity contribution in [3.8, 4) is 6.07 Å². The van der Waals surface area contributed by atoms with Crippen molar-refractivity contribution in [2.75, 3.05) is 17.3 Å². The molecule has 1 aliphatic carbocycles. The zero-order chi connectivity index (χ0) is 13.7. The van der Waals surface area contributed by atoms with E-state index in [-0.39, 0.29) is 0 Å². The Morgan fingerprint density at radius 2 is 2.26 bits per heavy atom. The van der Waals surface area contributed by atoms with Gasteiger partial charge in [-0.15, -0.1) is 11.8 Å². The van der Waals surface area contributed by atoms with Gasteiger partial charge < -0.3 is 5.32 Å². The third-order valence-electron chi connectivity index (χ3n) is 3.53. The molecule has 2 nitrogen and oxygen atoms in total. The van der Waals surface area contributed by atoms with Crippen LogP contribution in [0, 0.1) is 11.3 Å². The molecule has 0 aromatic heterocycles. The van der Waals surface area contributed by atoms with E-state index in [0.29, 0.717) is 11.3 Å². The lowest BCUT2D eigenvalue weighted by Gasteiger charge is -2.22. The summed E-state index contributed by atoms with van der Waals surface area (Å²) in [5.74, 6) is 1.17. The molecule has 19 heavy (non-hydrogen) atoms. The number of rotatable bonds is 5. The van der Waals surface area contributed by atoms with Gasteiger partial charge in [0.05, 0.1) is 11.3 Å². The molecule has 102 valence electrons. The van der Waals surface area contributed by atoms with Gasteiger partial charge >= 0.3 is 0 Å². The smallest absolute Gasteiger partial charge is 0.102 e. The zero-order valence-electron chi connectivity index (χ0n) is 11.5. The molecule has 1 saturated carbocycles. The molecule has 1 aromatic carbocycles. The molecule has 0 heterocycles. The van der Waals surface area contributed by atoms with Crippen LogP contribution in [0.3, 0.4) is 0 Å². The van der Waals surface area contributed by atoms with E-state index in [4.69, 9.17) is 0 Å². The molecule has 0 amide bonds. The maximum absolute atomic E-state index is 9.37. The summed E-state index contributed by atoms with van der Waals surface area (Å²) < 4.78 is 0. The molecule has 0 aliphatic heterocycles. The molecule has 1 fully saturated rings. The lowest BCUT2D eigenvalue weighted by atomic mass is 10.1. The van der Waals surface area contributed by atoms with Crippen molar-refractivity contribution in [1.82, 2.24) is 0 Å². The quantitative estimate of drug-likeness (QED) is 0.818. The summed E-state index contributed by atoms with van der Waals surface area (Å²) in [6, 6.07) is 8.94. The minimum absolute atomic E-state index is 0.508. The van der Waals surface area contributed by atoms with Crippen LogP contribution in [0.1, 0.15) is 31.7 Å². The molecular weight excluding hydrogens is 272 g/mol. The number of hydrogen-bond donors (Lipinski definition) is 1. The van der Waals surface area contributed by atoms with Gasteiger partial charge in [0.2, 0.25) is 0 Å². The second-order valence-electron chi connectivity index (χ2n) is 4.67. The Morgan fingerprint density at radius 1 is 1.42 bits per heavy atom. The SMILES string of the molecule is CCSC1CCCC1Nc1cccc(SC)c1C#N. The average molecular weight is 292 g/mol. The number of nitrogens with zero attached hydrogens (tertiary/aromatic N) is 1. The Kier molecular flexibility index (Phi) is 5.47. The van der Waals surface area contributed by atoms with E-state index >= 15 is 0 Å². The predicted octanol–water partition coefficient (Wildman–Crippen LogP) is 4.37. The van der Waals surface area contributed by atoms with Crippen LogP contribution in [0.25, 0.3) is 0 Å². The first kappa shape index (κ1) is 14.6. The third-order valence-corrected chi connectivity index (χ3v) is 5.64. The van der Waals surface area contributed by atoms with Gasteiger partial charge in [0.1, 0.15) is 6.07 Å². The molecule has 2 atom stereocenters. The molecule has 2 rings (SSSR count). The molecule has 1 N–H and O–H groups in total. The van der Waals surface area contributed by atoms with Gasteiger partial charge in [-0.05, 0) is 37.0 Å². The Bertz CT molecular complexity index is 468. The summed E-state index contributed by atoms with van der Waals surface area (Å²) in [6.45, 7) is 2.22. The van der Waals surface area contributed by atoms with Crippen LogP contribution in [0.5, 0.6) is 0 Å². The topological polar surface area (TPSA) is 35.8 Å². The van der Waals surface area contributed by atoms with E-state index < -0.39 is 0 Å². The van der Waals surface area contributed by atoms with E-state index in [1.54, 1.807) is 11.8 Å². The zero-order valence-corrected chi connectivity index (χ0v) is 13.1. The molecule has 4 heteroatoms. The van der Waals surface area contributed by atoms with E-state index in [2.05, 4.69) is 18.3 Å². The maximum atomic E-state index is 9.37. The third kappa shape index (κ3) is 3.40. The van der Waals surface area contributed by atoms with Crippen molar-refractivity contribution in [3.63, 3.8) is 0 Å². The summed E-state index contributed by atoms with van der Waals surface area (Å²) >= 11 is 3.67. The van der Waals surface area contributed by atoms with E-state index in [9.17, 15) is 5.26 Å². The average Bonchev–Trinajstić information content (AvgIpc) is 2.86. The van der Waals surface area contributed by atoms with E-state index in [0.717, 1.165) is 16.1 Å². The minimum Gasteiger partial charge on any atom is -0.380 e. The largest absolute Gasteiger partial charge is 0.380 e. The van der Waals surface area contributed by atoms with E-state index in [1.165, 1.54) is 25.0 Å². The standard InChI is InChI=1S/C15H20N2S2/c1-3-19-15-9-5-7-13(15)17-12-6-4-8-14(18-2)11(12)10-16/h4,6,8,13,15,17H,3,5,7,9H2,1-2H3. The summed E-state index contributed by atoms with van der Waals surface area (Å²) in [7, 11) is 0. The Morgan fingerprint density at radius 3 is 2.95 bits per heavy atom. The highest BCUT2D eigenvalue weighted by molar-refractivity contribution is 8.00. The van der Waals surface area contributed by atoms with Crippen LogP contribution in [-0.4, -0.2) is 23.3 Å². The number of nitriles is 1. The number of thioether (sulfide) groups is 2. The second-order valence-corrected chi connectivity index (χ2v) is 7.03. The normalized spacial score (nSPS) is 22.2. The first-order valence-electron chi connectivity index (χ1n) is 6.75. The first-order chi connectivity index (χ1) is 9.30. The number of hydrogen-bond acceptors (Lipinski definition) is 4. The molecule has 0 radical (unpaired) electrons. The van der Waals surface area contributed by atoms with Crippen molar-refractivity contribution in [2.24, 2.45) is 0 Å². The molecule has 1 aromatic rings. The fourth-order valence-electron chi connectivity index (χ4n) is 2.64. The molecule has 1 aliphatic rings. The van der Waals surface area contributed by atoms with Crippen LogP contribution in [0.4, 0.5) is 5.69 Å². The first-order valence-corrected chi connectivity index (χ1v) is 9.02. The maximum Gasteiger partial charge on any atom is 0.102 e. The van der Waals surface area contributed by atoms with Crippen LogP contribution >= 0.6 is 23.5 Å². The summed E-state index contributed by atoms with van der Waals surface area (Å²) in [4.78, 5) is 1.06. The predicted molar refractivity (Wildman–Crippen MR) is 86.1 cm³/mol. The second kappa shape index (κ2) is 7.12. The highest BCUT2D eigenvalue weighted by Gasteiger charge is 2.27. The van der Waals surface area contributed by atoms with Crippen LogP contribution in [0.15, 0.2) is 23.1 Å². The van der Waals surface area contributed by atoms with Crippen molar-refractivity contribution in [1.29, 1.82) is 5.26 Å². The Hall–Kier alpha value is -0.790. The molecular formula is C15H20N2S2. The number of nitrogens with one attached hydrogen (secondary N) is 1. The van der Waals surface area contributed by atoms with Crippen LogP contribution in [-0.2, 0) is 0 Å². The lowest BCUT2D eigenvalue weighted by molar-refractivity contribution is 0.767. The van der Waals surface area contributed by atoms with Gasteiger partial charge in [0.15, 0.2) is 0 Å². The number of anilines is 1. The minimum atomic E-state index is 0.508. The Balaban J connectivity index is 2.17. The molecule has 0 spiro atoms. The van der Waals surface area contributed by atoms with Gasteiger partial charge in [-0.1, -0.05) is 19.4 Å². The van der Waals surface area contributed by atoms with Gasteiger partial charge in [0, 0.05) is 16.2 Å². The lowest BCUT2D eigenvalue weighted by Crippen LogP contribution is -2.26. The van der Waals surface area contributed by atoms with Crippen LogP contribution in [0.2, 0.25) is 0 Å². The van der Waals surface area contributed by atoms with Gasteiger partial charge in [-0.25, -0.2) is 0 Å². The monoisotopic (exact) mass is 292 g/mol. The van der Waals surface area contributed by atoms with Crippen molar-refractivity contribution in [2.45, 2.75) is 42.4 Å². The van der Waals surface area contributed by atoms with E-state index in [1.807, 2.05) is 36.2 Å². The van der Waals surface area contributed by atoms with Gasteiger partial charge in [-0.3, -0.25) is 0 Å². The Labute approximate surface area is 124 Å². The van der Waals surface area contributed by atoms with Crippen molar-refractivity contribution >= 4 is 29.2 Å².